The summed E-state index contributed by atoms with van der Waals surface area (Å²) >= 11 is 13.2. The van der Waals surface area contributed by atoms with Gasteiger partial charge in [0.2, 0.25) is 0 Å². The Morgan fingerprint density at radius 2 is 1.67 bits per heavy atom. The average molecular weight is 285 g/mol. The summed E-state index contributed by atoms with van der Waals surface area (Å²) in [6, 6.07) is 8.03. The van der Waals surface area contributed by atoms with Gasteiger partial charge in [0.05, 0.1) is 10.8 Å². The van der Waals surface area contributed by atoms with E-state index in [0.29, 0.717) is 0 Å². The van der Waals surface area contributed by atoms with Gasteiger partial charge in [-0.1, -0.05) is 31.0 Å². The highest BCUT2D eigenvalue weighted by Gasteiger charge is 2.48. The van der Waals surface area contributed by atoms with Crippen LogP contribution >= 0.6 is 23.2 Å². The summed E-state index contributed by atoms with van der Waals surface area (Å²) in [6.45, 7) is 0. The molecular weight excluding hydrogens is 267 g/mol. The van der Waals surface area contributed by atoms with Crippen LogP contribution in [0.3, 0.4) is 0 Å². The minimum absolute atomic E-state index is 0.132. The van der Waals surface area contributed by atoms with Crippen LogP contribution in [0.4, 0.5) is 0 Å². The first-order valence-electron chi connectivity index (χ1n) is 6.79. The van der Waals surface area contributed by atoms with Crippen LogP contribution in [0.15, 0.2) is 24.3 Å². The van der Waals surface area contributed by atoms with Crippen LogP contribution in [0.25, 0.3) is 0 Å². The van der Waals surface area contributed by atoms with E-state index in [4.69, 9.17) is 27.9 Å². The number of halogens is 2. The lowest BCUT2D eigenvalue weighted by molar-refractivity contribution is 0.0335. The minimum atomic E-state index is -0.251. The zero-order chi connectivity index (χ0) is 12.6. The zero-order valence-corrected chi connectivity index (χ0v) is 11.9. The number of para-hydroxylation sites is 1. The van der Waals surface area contributed by atoms with Gasteiger partial charge in [0.1, 0.15) is 11.4 Å². The van der Waals surface area contributed by atoms with Crippen molar-refractivity contribution in [1.29, 1.82) is 0 Å². The Morgan fingerprint density at radius 1 is 1.00 bits per heavy atom. The highest BCUT2D eigenvalue weighted by atomic mass is 35.5. The Balaban J connectivity index is 1.98. The monoisotopic (exact) mass is 284 g/mol. The number of rotatable bonds is 0. The molecule has 1 spiro atoms. The highest BCUT2D eigenvalue weighted by Crippen LogP contribution is 2.50. The van der Waals surface area contributed by atoms with Crippen molar-refractivity contribution in [2.75, 3.05) is 0 Å². The van der Waals surface area contributed by atoms with E-state index in [1.54, 1.807) is 0 Å². The molecule has 0 amide bonds. The number of hydrogen-bond acceptors (Lipinski definition) is 1. The van der Waals surface area contributed by atoms with Gasteiger partial charge in [-0.25, -0.2) is 0 Å². The molecular formula is C15H18Cl2O. The van der Waals surface area contributed by atoms with Gasteiger partial charge in [0.25, 0.3) is 0 Å². The van der Waals surface area contributed by atoms with Crippen molar-refractivity contribution < 1.29 is 4.74 Å². The molecule has 1 heterocycles. The fraction of sp³-hybridized carbons (Fsp3) is 0.600. The first kappa shape index (κ1) is 12.6. The molecule has 2 aliphatic rings. The maximum atomic E-state index is 6.65. The normalized spacial score (nSPS) is 30.3. The second-order valence-electron chi connectivity index (χ2n) is 5.42. The van der Waals surface area contributed by atoms with Crippen LogP contribution in [-0.4, -0.2) is 11.0 Å². The van der Waals surface area contributed by atoms with E-state index in [9.17, 15) is 0 Å². The lowest BCUT2D eigenvalue weighted by Gasteiger charge is -2.44. The molecule has 18 heavy (non-hydrogen) atoms. The average Bonchev–Trinajstić information content (AvgIpc) is 2.63. The third-order valence-electron chi connectivity index (χ3n) is 4.24. The van der Waals surface area contributed by atoms with E-state index in [2.05, 4.69) is 0 Å². The Kier molecular flexibility index (Phi) is 3.46. The molecule has 1 nitrogen and oxygen atoms in total. The second-order valence-corrected chi connectivity index (χ2v) is 6.36. The third-order valence-corrected chi connectivity index (χ3v) is 5.50. The number of ether oxygens (including phenoxy) is 1. The van der Waals surface area contributed by atoms with Gasteiger partial charge >= 0.3 is 0 Å². The first-order chi connectivity index (χ1) is 8.73. The van der Waals surface area contributed by atoms with Crippen molar-refractivity contribution >= 4 is 23.2 Å². The van der Waals surface area contributed by atoms with Crippen LogP contribution in [0.5, 0.6) is 5.75 Å². The van der Waals surface area contributed by atoms with Gasteiger partial charge in [0.15, 0.2) is 0 Å². The van der Waals surface area contributed by atoms with Gasteiger partial charge in [-0.05, 0) is 31.7 Å². The van der Waals surface area contributed by atoms with E-state index in [1.807, 2.05) is 24.3 Å². The molecule has 0 radical (unpaired) electrons. The van der Waals surface area contributed by atoms with Crippen LogP contribution in [0, 0.1) is 0 Å². The summed E-state index contributed by atoms with van der Waals surface area (Å²) < 4.78 is 6.31. The van der Waals surface area contributed by atoms with Crippen molar-refractivity contribution in [3.8, 4) is 5.75 Å². The molecule has 0 saturated heterocycles. The standard InChI is InChI=1S/C15H18Cl2O/c16-13-11-7-3-4-8-12(11)18-15(14(13)17)9-5-1-2-6-10-15/h3-4,7-8,13-14H,1-2,5-6,9-10H2/t13-,14+/m0/s1. The number of alkyl halides is 2. The molecule has 3 rings (SSSR count). The maximum Gasteiger partial charge on any atom is 0.127 e. The van der Waals surface area contributed by atoms with Crippen molar-refractivity contribution in [1.82, 2.24) is 0 Å². The van der Waals surface area contributed by atoms with E-state index >= 15 is 0 Å². The molecule has 0 bridgehead atoms. The largest absolute Gasteiger partial charge is 0.485 e. The van der Waals surface area contributed by atoms with E-state index in [1.165, 1.54) is 25.7 Å². The maximum absolute atomic E-state index is 6.65. The number of hydrogen-bond donors (Lipinski definition) is 0. The van der Waals surface area contributed by atoms with E-state index in [0.717, 1.165) is 24.2 Å². The molecule has 1 aromatic rings. The van der Waals surface area contributed by atoms with Gasteiger partial charge in [-0.2, -0.15) is 0 Å². The SMILES string of the molecule is Cl[C@@H]1[C@@H](Cl)c2ccccc2OC12CCCCCC2. The summed E-state index contributed by atoms with van der Waals surface area (Å²) in [7, 11) is 0. The van der Waals surface area contributed by atoms with Gasteiger partial charge in [0, 0.05) is 5.56 Å². The third kappa shape index (κ3) is 2.02. The molecule has 1 saturated carbocycles. The molecule has 98 valence electrons. The second kappa shape index (κ2) is 4.94. The van der Waals surface area contributed by atoms with Crippen LogP contribution in [0.2, 0.25) is 0 Å². The molecule has 1 aromatic carbocycles. The van der Waals surface area contributed by atoms with Crippen molar-refractivity contribution in [2.24, 2.45) is 0 Å². The number of fused-ring (bicyclic) bond motifs is 1. The Hall–Kier alpha value is -0.400. The van der Waals surface area contributed by atoms with Crippen LogP contribution in [-0.2, 0) is 0 Å². The summed E-state index contributed by atoms with van der Waals surface area (Å²) in [5, 5.41) is -0.276. The molecule has 1 aliphatic carbocycles. The fourth-order valence-electron chi connectivity index (χ4n) is 3.21. The highest BCUT2D eigenvalue weighted by molar-refractivity contribution is 6.31. The van der Waals surface area contributed by atoms with Crippen LogP contribution < -0.4 is 4.74 Å². The molecule has 0 aromatic heterocycles. The van der Waals surface area contributed by atoms with Crippen LogP contribution in [0.1, 0.15) is 49.5 Å². The summed E-state index contributed by atoms with van der Waals surface area (Å²) in [6.07, 6.45) is 6.99. The lowest BCUT2D eigenvalue weighted by atomic mass is 9.84. The Morgan fingerprint density at radius 3 is 2.39 bits per heavy atom. The Bertz CT molecular complexity index is 424. The van der Waals surface area contributed by atoms with E-state index in [-0.39, 0.29) is 16.4 Å². The van der Waals surface area contributed by atoms with Gasteiger partial charge < -0.3 is 4.74 Å². The van der Waals surface area contributed by atoms with Crippen molar-refractivity contribution in [3.63, 3.8) is 0 Å². The van der Waals surface area contributed by atoms with Gasteiger partial charge in [-0.15, -0.1) is 23.2 Å². The molecule has 1 fully saturated rings. The summed E-state index contributed by atoms with van der Waals surface area (Å²) in [5.74, 6) is 0.927. The predicted molar refractivity (Wildman–Crippen MR) is 75.7 cm³/mol. The van der Waals surface area contributed by atoms with E-state index < -0.39 is 0 Å². The lowest BCUT2D eigenvalue weighted by Crippen LogP contribution is -2.49. The quantitative estimate of drug-likeness (QED) is 0.605. The molecule has 0 N–H and O–H groups in total. The molecule has 1 aliphatic heterocycles. The zero-order valence-electron chi connectivity index (χ0n) is 10.4. The number of benzene rings is 1. The first-order valence-corrected chi connectivity index (χ1v) is 7.66. The smallest absolute Gasteiger partial charge is 0.127 e. The summed E-state index contributed by atoms with van der Waals surface area (Å²) in [4.78, 5) is 0. The summed E-state index contributed by atoms with van der Waals surface area (Å²) in [5.41, 5.74) is 0.785. The predicted octanol–water partition coefficient (Wildman–Crippen LogP) is 5.06. The fourth-order valence-corrected chi connectivity index (χ4v) is 4.01. The molecule has 0 unspecified atom stereocenters. The Labute approximate surface area is 118 Å². The minimum Gasteiger partial charge on any atom is -0.485 e. The topological polar surface area (TPSA) is 9.23 Å². The molecule has 2 atom stereocenters. The van der Waals surface area contributed by atoms with Gasteiger partial charge in [-0.3, -0.25) is 0 Å². The van der Waals surface area contributed by atoms with Crippen molar-refractivity contribution in [2.45, 2.75) is 54.9 Å². The van der Waals surface area contributed by atoms with Crippen molar-refractivity contribution in [3.05, 3.63) is 29.8 Å². The molecule has 3 heteroatoms.